The van der Waals surface area contributed by atoms with Gasteiger partial charge in [0.2, 0.25) is 11.8 Å². The fourth-order valence-corrected chi connectivity index (χ4v) is 3.66. The maximum absolute atomic E-state index is 12.7. The van der Waals surface area contributed by atoms with Gasteiger partial charge >= 0.3 is 0 Å². The van der Waals surface area contributed by atoms with Crippen LogP contribution in [0.4, 0.5) is 0 Å². The van der Waals surface area contributed by atoms with E-state index in [-0.39, 0.29) is 17.7 Å². The van der Waals surface area contributed by atoms with Crippen molar-refractivity contribution in [3.05, 3.63) is 64.6 Å². The minimum atomic E-state index is 0.0412. The number of benzene rings is 2. The fourth-order valence-electron chi connectivity index (χ4n) is 2.56. The van der Waals surface area contributed by atoms with E-state index in [0.717, 1.165) is 15.6 Å². The van der Waals surface area contributed by atoms with Crippen molar-refractivity contribution >= 4 is 33.6 Å². The molecule has 0 saturated heterocycles. The molecule has 27 heavy (non-hydrogen) atoms. The Morgan fingerprint density at radius 3 is 2.52 bits per heavy atom. The molecule has 140 valence electrons. The first-order valence-electron chi connectivity index (χ1n) is 8.59. The highest BCUT2D eigenvalue weighted by Gasteiger charge is 2.19. The molecule has 1 heterocycles. The Hall–Kier alpha value is -2.12. The Kier molecular flexibility index (Phi) is 6.68. The van der Waals surface area contributed by atoms with Gasteiger partial charge in [-0.15, -0.1) is 10.2 Å². The number of thioether (sulfide) groups is 1. The van der Waals surface area contributed by atoms with E-state index in [1.807, 2.05) is 73.3 Å². The molecule has 2 aromatic carbocycles. The van der Waals surface area contributed by atoms with E-state index in [4.69, 9.17) is 4.42 Å². The molecule has 0 spiro atoms. The fraction of sp³-hybridized carbons (Fsp3) is 0.250. The highest BCUT2D eigenvalue weighted by atomic mass is 79.9. The highest BCUT2D eigenvalue weighted by molar-refractivity contribution is 9.10. The number of nitrogens with zero attached hydrogens (tertiary/aromatic N) is 3. The second-order valence-electron chi connectivity index (χ2n) is 6.24. The zero-order valence-corrected chi connectivity index (χ0v) is 17.5. The van der Waals surface area contributed by atoms with Crippen LogP contribution in [0.15, 0.2) is 68.7 Å². The molecule has 0 bridgehead atoms. The summed E-state index contributed by atoms with van der Waals surface area (Å²) in [5.41, 5.74) is 1.94. The Balaban J connectivity index is 1.63. The summed E-state index contributed by atoms with van der Waals surface area (Å²) in [6, 6.07) is 17.7. The van der Waals surface area contributed by atoms with Gasteiger partial charge < -0.3 is 9.32 Å². The molecule has 3 rings (SSSR count). The third-order valence-electron chi connectivity index (χ3n) is 3.97. The van der Waals surface area contributed by atoms with Crippen molar-refractivity contribution in [3.8, 4) is 11.5 Å². The Morgan fingerprint density at radius 1 is 1.11 bits per heavy atom. The first-order chi connectivity index (χ1) is 13.0. The zero-order chi connectivity index (χ0) is 19.2. The van der Waals surface area contributed by atoms with Crippen LogP contribution in [0.2, 0.25) is 0 Å². The SMILES string of the molecule is CC(C)N(Cc1ccccc1)C(=O)CSc1nnc(-c2ccccc2Br)o1. The molecule has 0 aliphatic heterocycles. The summed E-state index contributed by atoms with van der Waals surface area (Å²) in [7, 11) is 0. The predicted octanol–water partition coefficient (Wildman–Crippen LogP) is 5.03. The third kappa shape index (κ3) is 5.20. The average molecular weight is 446 g/mol. The van der Waals surface area contributed by atoms with Crippen molar-refractivity contribution in [1.82, 2.24) is 15.1 Å². The molecule has 0 atom stereocenters. The van der Waals surface area contributed by atoms with Crippen LogP contribution in [-0.2, 0) is 11.3 Å². The van der Waals surface area contributed by atoms with Crippen LogP contribution >= 0.6 is 27.7 Å². The molecule has 0 saturated carbocycles. The minimum absolute atomic E-state index is 0.0412. The first-order valence-corrected chi connectivity index (χ1v) is 10.4. The van der Waals surface area contributed by atoms with Crippen LogP contribution in [0.25, 0.3) is 11.5 Å². The number of carbonyl (C=O) groups excluding carboxylic acids is 1. The van der Waals surface area contributed by atoms with Gasteiger partial charge in [-0.3, -0.25) is 4.79 Å². The highest BCUT2D eigenvalue weighted by Crippen LogP contribution is 2.29. The second kappa shape index (κ2) is 9.19. The van der Waals surface area contributed by atoms with E-state index >= 15 is 0 Å². The zero-order valence-electron chi connectivity index (χ0n) is 15.1. The normalized spacial score (nSPS) is 11.0. The van der Waals surface area contributed by atoms with Crippen molar-refractivity contribution in [2.45, 2.75) is 31.7 Å². The molecular weight excluding hydrogens is 426 g/mol. The Labute approximate surface area is 171 Å². The van der Waals surface area contributed by atoms with E-state index in [9.17, 15) is 4.79 Å². The van der Waals surface area contributed by atoms with Crippen molar-refractivity contribution in [3.63, 3.8) is 0 Å². The Morgan fingerprint density at radius 2 is 1.81 bits per heavy atom. The smallest absolute Gasteiger partial charge is 0.277 e. The minimum Gasteiger partial charge on any atom is -0.411 e. The molecule has 7 heteroatoms. The molecule has 0 radical (unpaired) electrons. The second-order valence-corrected chi connectivity index (χ2v) is 8.02. The maximum Gasteiger partial charge on any atom is 0.277 e. The molecule has 5 nitrogen and oxygen atoms in total. The number of amides is 1. The number of rotatable bonds is 7. The van der Waals surface area contributed by atoms with Gasteiger partial charge in [0.05, 0.1) is 11.3 Å². The molecule has 1 aromatic heterocycles. The number of hydrogen-bond acceptors (Lipinski definition) is 5. The van der Waals surface area contributed by atoms with Gasteiger partial charge in [-0.1, -0.05) is 54.2 Å². The third-order valence-corrected chi connectivity index (χ3v) is 5.46. The van der Waals surface area contributed by atoms with Crippen LogP contribution in [0.5, 0.6) is 0 Å². The summed E-state index contributed by atoms with van der Waals surface area (Å²) < 4.78 is 6.58. The van der Waals surface area contributed by atoms with Crippen molar-refractivity contribution in [2.75, 3.05) is 5.75 Å². The maximum atomic E-state index is 12.7. The molecule has 3 aromatic rings. The van der Waals surface area contributed by atoms with Gasteiger partial charge in [-0.05, 0) is 47.5 Å². The lowest BCUT2D eigenvalue weighted by Gasteiger charge is -2.26. The van der Waals surface area contributed by atoms with Crippen LogP contribution in [0.3, 0.4) is 0 Å². The molecule has 0 unspecified atom stereocenters. The van der Waals surface area contributed by atoms with E-state index < -0.39 is 0 Å². The predicted molar refractivity (Wildman–Crippen MR) is 110 cm³/mol. The average Bonchev–Trinajstić information content (AvgIpc) is 3.14. The van der Waals surface area contributed by atoms with Gasteiger partial charge in [-0.2, -0.15) is 0 Å². The number of halogens is 1. The molecule has 1 amide bonds. The van der Waals surface area contributed by atoms with E-state index in [0.29, 0.717) is 17.7 Å². The summed E-state index contributed by atoms with van der Waals surface area (Å²) in [5, 5.41) is 8.52. The lowest BCUT2D eigenvalue weighted by atomic mass is 10.2. The lowest BCUT2D eigenvalue weighted by molar-refractivity contribution is -0.130. The van der Waals surface area contributed by atoms with Gasteiger partial charge in [-0.25, -0.2) is 0 Å². The number of carbonyl (C=O) groups is 1. The molecule has 0 N–H and O–H groups in total. The van der Waals surface area contributed by atoms with Gasteiger partial charge in [0, 0.05) is 17.1 Å². The summed E-state index contributed by atoms with van der Waals surface area (Å²) in [5.74, 6) is 0.727. The molecule has 0 aliphatic carbocycles. The van der Waals surface area contributed by atoms with Gasteiger partial charge in [0.25, 0.3) is 5.22 Å². The summed E-state index contributed by atoms with van der Waals surface area (Å²) >= 11 is 4.73. The van der Waals surface area contributed by atoms with Crippen molar-refractivity contribution in [2.24, 2.45) is 0 Å². The quantitative estimate of drug-likeness (QED) is 0.477. The van der Waals surface area contributed by atoms with E-state index in [2.05, 4.69) is 26.1 Å². The monoisotopic (exact) mass is 445 g/mol. The summed E-state index contributed by atoms with van der Waals surface area (Å²) in [6.45, 7) is 4.62. The van der Waals surface area contributed by atoms with E-state index in [1.165, 1.54) is 11.8 Å². The molecular formula is C20H20BrN3O2S. The number of hydrogen-bond donors (Lipinski definition) is 0. The first kappa shape index (κ1) is 19.6. The van der Waals surface area contributed by atoms with Crippen LogP contribution < -0.4 is 0 Å². The van der Waals surface area contributed by atoms with Gasteiger partial charge in [0.15, 0.2) is 0 Å². The van der Waals surface area contributed by atoms with Crippen LogP contribution in [-0.4, -0.2) is 32.8 Å². The van der Waals surface area contributed by atoms with Crippen molar-refractivity contribution in [1.29, 1.82) is 0 Å². The Bertz CT molecular complexity index is 899. The molecule has 0 aliphatic rings. The molecule has 0 fully saturated rings. The summed E-state index contributed by atoms with van der Waals surface area (Å²) in [6.07, 6.45) is 0. The topological polar surface area (TPSA) is 59.2 Å². The van der Waals surface area contributed by atoms with Crippen LogP contribution in [0.1, 0.15) is 19.4 Å². The number of aromatic nitrogens is 2. The lowest BCUT2D eigenvalue weighted by Crippen LogP contribution is -2.37. The summed E-state index contributed by atoms with van der Waals surface area (Å²) in [4.78, 5) is 14.6. The van der Waals surface area contributed by atoms with Crippen LogP contribution in [0, 0.1) is 0 Å². The largest absolute Gasteiger partial charge is 0.411 e. The van der Waals surface area contributed by atoms with Crippen molar-refractivity contribution < 1.29 is 9.21 Å². The van der Waals surface area contributed by atoms with Gasteiger partial charge in [0.1, 0.15) is 0 Å². The van der Waals surface area contributed by atoms with E-state index in [1.54, 1.807) is 0 Å². The standard InChI is InChI=1S/C20H20BrN3O2S/c1-14(2)24(12-15-8-4-3-5-9-15)18(25)13-27-20-23-22-19(26-20)16-10-6-7-11-17(16)21/h3-11,14H,12-13H2,1-2H3.